The minimum Gasteiger partial charge on any atom is -0.349 e. The van der Waals surface area contributed by atoms with Gasteiger partial charge in [0, 0.05) is 13.1 Å². The molecule has 0 unspecified atom stereocenters. The van der Waals surface area contributed by atoms with Crippen LogP contribution < -0.4 is 9.62 Å². The number of rotatable bonds is 4. The number of aromatic nitrogens is 1. The molecule has 6 nitrogen and oxygen atoms in total. The smallest absolute Gasteiger partial charge is 0.263 e. The SMILES string of the molecule is Cc1nc(N(C)S(C)(=O)=O)sc1C(=O)NC1CCCCC1. The number of sulfonamides is 1. The number of amides is 1. The van der Waals surface area contributed by atoms with Crippen LogP contribution in [0.5, 0.6) is 0 Å². The summed E-state index contributed by atoms with van der Waals surface area (Å²) in [6, 6.07) is 0.226. The predicted octanol–water partition coefficient (Wildman–Crippen LogP) is 1.91. The lowest BCUT2D eigenvalue weighted by molar-refractivity contribution is 0.0931. The maximum atomic E-state index is 12.3. The van der Waals surface area contributed by atoms with E-state index in [4.69, 9.17) is 0 Å². The Morgan fingerprint density at radius 2 is 1.95 bits per heavy atom. The molecule has 1 aliphatic carbocycles. The highest BCUT2D eigenvalue weighted by atomic mass is 32.2. The van der Waals surface area contributed by atoms with E-state index in [1.54, 1.807) is 6.92 Å². The van der Waals surface area contributed by atoms with Gasteiger partial charge in [-0.1, -0.05) is 30.6 Å². The number of aryl methyl sites for hydroxylation is 1. The van der Waals surface area contributed by atoms with Crippen LogP contribution in [0.25, 0.3) is 0 Å². The lowest BCUT2D eigenvalue weighted by Crippen LogP contribution is -2.36. The fourth-order valence-corrected chi connectivity index (χ4v) is 4.05. The van der Waals surface area contributed by atoms with Crippen LogP contribution in [0.3, 0.4) is 0 Å². The van der Waals surface area contributed by atoms with Gasteiger partial charge in [0.25, 0.3) is 5.91 Å². The normalized spacial score (nSPS) is 16.7. The second-order valence-electron chi connectivity index (χ2n) is 5.45. The van der Waals surface area contributed by atoms with Gasteiger partial charge in [0.1, 0.15) is 4.88 Å². The third-order valence-electron chi connectivity index (χ3n) is 3.70. The minimum atomic E-state index is -3.36. The largest absolute Gasteiger partial charge is 0.349 e. The summed E-state index contributed by atoms with van der Waals surface area (Å²) in [6.45, 7) is 1.73. The Hall–Kier alpha value is -1.15. The molecule has 1 aromatic heterocycles. The molecular weight excluding hydrogens is 310 g/mol. The van der Waals surface area contributed by atoms with Crippen LogP contribution in [0, 0.1) is 6.92 Å². The van der Waals surface area contributed by atoms with Gasteiger partial charge in [0.2, 0.25) is 10.0 Å². The topological polar surface area (TPSA) is 79.4 Å². The number of hydrogen-bond acceptors (Lipinski definition) is 5. The fourth-order valence-electron chi connectivity index (χ4n) is 2.37. The molecule has 1 fully saturated rings. The van der Waals surface area contributed by atoms with Gasteiger partial charge in [-0.25, -0.2) is 17.7 Å². The molecule has 0 aromatic carbocycles. The maximum Gasteiger partial charge on any atom is 0.263 e. The number of thiazole rings is 1. The zero-order valence-corrected chi connectivity index (χ0v) is 14.2. The molecule has 2 rings (SSSR count). The Balaban J connectivity index is 2.13. The summed E-state index contributed by atoms with van der Waals surface area (Å²) in [5.41, 5.74) is 0.568. The minimum absolute atomic E-state index is 0.148. The van der Waals surface area contributed by atoms with Crippen molar-refractivity contribution in [1.82, 2.24) is 10.3 Å². The first kappa shape index (κ1) is 16.2. The molecule has 0 aliphatic heterocycles. The van der Waals surface area contributed by atoms with E-state index in [0.29, 0.717) is 15.7 Å². The van der Waals surface area contributed by atoms with Crippen molar-refractivity contribution in [2.24, 2.45) is 0 Å². The molecule has 0 bridgehead atoms. The van der Waals surface area contributed by atoms with Gasteiger partial charge in [-0.15, -0.1) is 0 Å². The highest BCUT2D eigenvalue weighted by Crippen LogP contribution is 2.27. The van der Waals surface area contributed by atoms with Gasteiger partial charge >= 0.3 is 0 Å². The molecule has 1 amide bonds. The van der Waals surface area contributed by atoms with Crippen LogP contribution in [-0.2, 0) is 10.0 Å². The number of hydrogen-bond donors (Lipinski definition) is 1. The van der Waals surface area contributed by atoms with E-state index in [2.05, 4.69) is 10.3 Å². The summed E-state index contributed by atoms with van der Waals surface area (Å²) in [5.74, 6) is -0.148. The van der Waals surface area contributed by atoms with Crippen molar-refractivity contribution in [3.8, 4) is 0 Å². The Morgan fingerprint density at radius 1 is 1.33 bits per heavy atom. The summed E-state index contributed by atoms with van der Waals surface area (Å²) in [6.07, 6.45) is 6.67. The summed E-state index contributed by atoms with van der Waals surface area (Å²) in [4.78, 5) is 17.0. The highest BCUT2D eigenvalue weighted by molar-refractivity contribution is 7.92. The molecular formula is C13H21N3O3S2. The van der Waals surface area contributed by atoms with Gasteiger partial charge in [0.05, 0.1) is 11.9 Å². The first-order valence-corrected chi connectivity index (χ1v) is 9.67. The second kappa shape index (κ2) is 6.31. The lowest BCUT2D eigenvalue weighted by atomic mass is 9.95. The highest BCUT2D eigenvalue weighted by Gasteiger charge is 2.23. The lowest BCUT2D eigenvalue weighted by Gasteiger charge is -2.22. The molecule has 0 atom stereocenters. The average molecular weight is 331 g/mol. The van der Waals surface area contributed by atoms with Crippen molar-refractivity contribution in [2.45, 2.75) is 45.1 Å². The zero-order chi connectivity index (χ0) is 15.6. The monoisotopic (exact) mass is 331 g/mol. The molecule has 21 heavy (non-hydrogen) atoms. The summed E-state index contributed by atoms with van der Waals surface area (Å²) in [7, 11) is -1.92. The van der Waals surface area contributed by atoms with E-state index >= 15 is 0 Å². The average Bonchev–Trinajstić information content (AvgIpc) is 2.80. The zero-order valence-electron chi connectivity index (χ0n) is 12.5. The quantitative estimate of drug-likeness (QED) is 0.914. The van der Waals surface area contributed by atoms with Crippen LogP contribution in [0.15, 0.2) is 0 Å². The molecule has 1 aliphatic rings. The van der Waals surface area contributed by atoms with E-state index in [0.717, 1.165) is 47.6 Å². The Labute approximate surface area is 129 Å². The Morgan fingerprint density at radius 3 is 2.52 bits per heavy atom. The molecule has 8 heteroatoms. The second-order valence-corrected chi connectivity index (χ2v) is 8.44. The van der Waals surface area contributed by atoms with Gasteiger partial charge in [-0.05, 0) is 19.8 Å². The van der Waals surface area contributed by atoms with Crippen molar-refractivity contribution >= 4 is 32.4 Å². The standard InChI is InChI=1S/C13H21N3O3S2/c1-9-11(12(17)15-10-7-5-4-6-8-10)20-13(14-9)16(2)21(3,18)19/h10H,4-8H2,1-3H3,(H,15,17). The Bertz CT molecular complexity index is 619. The molecule has 1 saturated carbocycles. The number of nitrogens with zero attached hydrogens (tertiary/aromatic N) is 2. The van der Waals surface area contributed by atoms with Gasteiger partial charge in [-0.2, -0.15) is 0 Å². The number of nitrogens with one attached hydrogen (secondary N) is 1. The first-order chi connectivity index (χ1) is 9.79. The van der Waals surface area contributed by atoms with Crippen LogP contribution in [-0.4, -0.2) is 38.7 Å². The van der Waals surface area contributed by atoms with E-state index in [1.165, 1.54) is 13.5 Å². The van der Waals surface area contributed by atoms with E-state index in [1.807, 2.05) is 0 Å². The van der Waals surface area contributed by atoms with Crippen molar-refractivity contribution in [2.75, 3.05) is 17.6 Å². The number of carbonyl (C=O) groups excluding carboxylic acids is 1. The molecule has 1 aromatic rings. The van der Waals surface area contributed by atoms with Crippen LogP contribution in [0.1, 0.15) is 47.5 Å². The van der Waals surface area contributed by atoms with E-state index in [-0.39, 0.29) is 11.9 Å². The van der Waals surface area contributed by atoms with Crippen molar-refractivity contribution in [1.29, 1.82) is 0 Å². The van der Waals surface area contributed by atoms with Gasteiger partial charge in [-0.3, -0.25) is 4.79 Å². The maximum absolute atomic E-state index is 12.3. The van der Waals surface area contributed by atoms with Crippen molar-refractivity contribution in [3.05, 3.63) is 10.6 Å². The summed E-state index contributed by atoms with van der Waals surface area (Å²) < 4.78 is 24.2. The number of carbonyl (C=O) groups is 1. The molecule has 0 saturated heterocycles. The predicted molar refractivity (Wildman–Crippen MR) is 84.4 cm³/mol. The Kier molecular flexibility index (Phi) is 4.88. The molecule has 0 spiro atoms. The third-order valence-corrected chi connectivity index (χ3v) is 6.21. The molecule has 1 heterocycles. The first-order valence-electron chi connectivity index (χ1n) is 7.01. The third kappa shape index (κ3) is 3.94. The van der Waals surface area contributed by atoms with Crippen LogP contribution >= 0.6 is 11.3 Å². The van der Waals surface area contributed by atoms with E-state index in [9.17, 15) is 13.2 Å². The summed E-state index contributed by atoms with van der Waals surface area (Å²) in [5, 5.41) is 3.35. The van der Waals surface area contributed by atoms with Gasteiger partial charge < -0.3 is 5.32 Å². The van der Waals surface area contributed by atoms with Crippen molar-refractivity contribution < 1.29 is 13.2 Å². The van der Waals surface area contributed by atoms with Gasteiger partial charge in [0.15, 0.2) is 5.13 Å². The summed E-state index contributed by atoms with van der Waals surface area (Å²) >= 11 is 1.11. The van der Waals surface area contributed by atoms with E-state index < -0.39 is 10.0 Å². The molecule has 1 N–H and O–H groups in total. The van der Waals surface area contributed by atoms with Crippen molar-refractivity contribution in [3.63, 3.8) is 0 Å². The number of anilines is 1. The van der Waals surface area contributed by atoms with Crippen LogP contribution in [0.2, 0.25) is 0 Å². The fraction of sp³-hybridized carbons (Fsp3) is 0.692. The molecule has 0 radical (unpaired) electrons. The van der Waals surface area contributed by atoms with Crippen LogP contribution in [0.4, 0.5) is 5.13 Å². The molecule has 118 valence electrons.